The number of nitrogen functional groups attached to an aromatic ring is 1. The van der Waals surface area contributed by atoms with Gasteiger partial charge in [0.25, 0.3) is 0 Å². The molecule has 1 aromatic carbocycles. The average molecular weight is 297 g/mol. The zero-order valence-electron chi connectivity index (χ0n) is 8.98. The number of benzene rings is 1. The van der Waals surface area contributed by atoms with Crippen molar-refractivity contribution in [1.29, 1.82) is 0 Å². The molecule has 0 radical (unpaired) electrons. The summed E-state index contributed by atoms with van der Waals surface area (Å²) >= 11 is 5.24. The van der Waals surface area contributed by atoms with Crippen LogP contribution in [-0.2, 0) is 6.54 Å². The Bertz CT molecular complexity index is 464. The predicted octanol–water partition coefficient (Wildman–Crippen LogP) is 3.73. The maximum atomic E-state index is 5.66. The van der Waals surface area contributed by atoms with Crippen molar-refractivity contribution in [1.82, 2.24) is 0 Å². The smallest absolute Gasteiger partial charge is 0.0702 e. The van der Waals surface area contributed by atoms with Crippen LogP contribution in [0.25, 0.3) is 0 Å². The van der Waals surface area contributed by atoms with Crippen molar-refractivity contribution < 1.29 is 0 Å². The van der Waals surface area contributed by atoms with Crippen LogP contribution in [0.3, 0.4) is 0 Å². The van der Waals surface area contributed by atoms with Crippen molar-refractivity contribution >= 4 is 38.6 Å². The molecule has 0 spiro atoms. The first-order valence-corrected chi connectivity index (χ1v) is 6.57. The fraction of sp³-hybridized carbons (Fsp3) is 0.167. The second-order valence-corrected chi connectivity index (χ2v) is 6.20. The summed E-state index contributed by atoms with van der Waals surface area (Å²) < 4.78 is 1.17. The lowest BCUT2D eigenvalue weighted by Crippen LogP contribution is -2.15. The van der Waals surface area contributed by atoms with Crippen molar-refractivity contribution in [3.05, 3.63) is 45.1 Å². The third-order valence-electron chi connectivity index (χ3n) is 2.36. The Morgan fingerprint density at radius 2 is 1.88 bits per heavy atom. The fourth-order valence-corrected chi connectivity index (χ4v) is 3.03. The molecule has 2 rings (SSSR count). The van der Waals surface area contributed by atoms with Gasteiger partial charge in [-0.15, -0.1) is 11.3 Å². The molecule has 2 nitrogen and oxygen atoms in total. The number of hydrogen-bond acceptors (Lipinski definition) is 3. The zero-order valence-corrected chi connectivity index (χ0v) is 11.4. The summed E-state index contributed by atoms with van der Waals surface area (Å²) in [6, 6.07) is 12.2. The molecule has 0 unspecified atom stereocenters. The summed E-state index contributed by atoms with van der Waals surface area (Å²) in [5, 5.41) is 0. The monoisotopic (exact) mass is 296 g/mol. The first kappa shape index (κ1) is 11.5. The highest BCUT2D eigenvalue weighted by Gasteiger charge is 2.03. The van der Waals surface area contributed by atoms with E-state index in [1.165, 1.54) is 14.4 Å². The van der Waals surface area contributed by atoms with E-state index in [2.05, 4.69) is 40.0 Å². The SMILES string of the molecule is CN(Cc1ccc(Br)s1)c1ccc(N)cc1. The van der Waals surface area contributed by atoms with Crippen molar-refractivity contribution in [3.8, 4) is 0 Å². The molecule has 1 aromatic heterocycles. The molecule has 0 aliphatic heterocycles. The first-order valence-electron chi connectivity index (χ1n) is 4.96. The molecule has 0 aliphatic carbocycles. The van der Waals surface area contributed by atoms with Gasteiger partial charge in [-0.3, -0.25) is 0 Å². The van der Waals surface area contributed by atoms with Gasteiger partial charge < -0.3 is 10.6 Å². The van der Waals surface area contributed by atoms with E-state index in [9.17, 15) is 0 Å². The molecule has 2 N–H and O–H groups in total. The number of anilines is 2. The number of thiophene rings is 1. The summed E-state index contributed by atoms with van der Waals surface area (Å²) in [6.07, 6.45) is 0. The highest BCUT2D eigenvalue weighted by atomic mass is 79.9. The van der Waals surface area contributed by atoms with E-state index in [-0.39, 0.29) is 0 Å². The van der Waals surface area contributed by atoms with E-state index in [1.807, 2.05) is 24.3 Å². The lowest BCUT2D eigenvalue weighted by Gasteiger charge is -2.18. The van der Waals surface area contributed by atoms with Crippen LogP contribution < -0.4 is 10.6 Å². The molecule has 0 amide bonds. The molecular formula is C12H13BrN2S. The number of halogens is 1. The normalized spacial score (nSPS) is 10.4. The quantitative estimate of drug-likeness (QED) is 0.875. The molecule has 2 aromatic rings. The van der Waals surface area contributed by atoms with E-state index >= 15 is 0 Å². The molecule has 0 aliphatic rings. The van der Waals surface area contributed by atoms with Crippen molar-refractivity contribution in [2.24, 2.45) is 0 Å². The van der Waals surface area contributed by atoms with Gasteiger partial charge >= 0.3 is 0 Å². The van der Waals surface area contributed by atoms with Crippen LogP contribution in [0.15, 0.2) is 40.2 Å². The first-order chi connectivity index (χ1) is 7.65. The molecule has 1 heterocycles. The summed E-state index contributed by atoms with van der Waals surface area (Å²) in [5.74, 6) is 0. The molecule has 16 heavy (non-hydrogen) atoms. The minimum atomic E-state index is 0.802. The van der Waals surface area contributed by atoms with Gasteiger partial charge in [0.2, 0.25) is 0 Å². The summed E-state index contributed by atoms with van der Waals surface area (Å²) in [5.41, 5.74) is 7.64. The largest absolute Gasteiger partial charge is 0.399 e. The van der Waals surface area contributed by atoms with Gasteiger partial charge in [-0.25, -0.2) is 0 Å². The maximum absolute atomic E-state index is 5.66. The van der Waals surface area contributed by atoms with Crippen molar-refractivity contribution in [2.75, 3.05) is 17.7 Å². The van der Waals surface area contributed by atoms with Crippen LogP contribution in [0.1, 0.15) is 4.88 Å². The van der Waals surface area contributed by atoms with Crippen LogP contribution in [-0.4, -0.2) is 7.05 Å². The Morgan fingerprint density at radius 3 is 2.44 bits per heavy atom. The van der Waals surface area contributed by atoms with Gasteiger partial charge in [-0.2, -0.15) is 0 Å². The lowest BCUT2D eigenvalue weighted by molar-refractivity contribution is 0.941. The van der Waals surface area contributed by atoms with E-state index in [0.717, 1.165) is 12.2 Å². The fourth-order valence-electron chi connectivity index (χ4n) is 1.49. The molecule has 0 saturated carbocycles. The summed E-state index contributed by atoms with van der Waals surface area (Å²) in [4.78, 5) is 3.55. The van der Waals surface area contributed by atoms with E-state index < -0.39 is 0 Å². The molecule has 0 atom stereocenters. The zero-order chi connectivity index (χ0) is 11.5. The predicted molar refractivity (Wildman–Crippen MR) is 75.0 cm³/mol. The highest BCUT2D eigenvalue weighted by molar-refractivity contribution is 9.11. The molecule has 0 fully saturated rings. The van der Waals surface area contributed by atoms with Gasteiger partial charge in [0, 0.05) is 23.3 Å². The highest BCUT2D eigenvalue weighted by Crippen LogP contribution is 2.25. The summed E-state index contributed by atoms with van der Waals surface area (Å²) in [7, 11) is 2.08. The third-order valence-corrected chi connectivity index (χ3v) is 3.96. The van der Waals surface area contributed by atoms with Gasteiger partial charge in [0.1, 0.15) is 0 Å². The number of nitrogens with zero attached hydrogens (tertiary/aromatic N) is 1. The molecular weight excluding hydrogens is 284 g/mol. The average Bonchev–Trinajstić information content (AvgIpc) is 2.65. The van der Waals surface area contributed by atoms with E-state index in [4.69, 9.17) is 5.73 Å². The van der Waals surface area contributed by atoms with Crippen molar-refractivity contribution in [2.45, 2.75) is 6.54 Å². The van der Waals surface area contributed by atoms with Crippen LogP contribution in [0.5, 0.6) is 0 Å². The third kappa shape index (κ3) is 2.77. The lowest BCUT2D eigenvalue weighted by atomic mass is 10.2. The number of rotatable bonds is 3. The Hall–Kier alpha value is -1.00. The number of nitrogens with two attached hydrogens (primary N) is 1. The molecule has 84 valence electrons. The van der Waals surface area contributed by atoms with Gasteiger partial charge in [-0.05, 0) is 52.3 Å². The van der Waals surface area contributed by atoms with Crippen LogP contribution >= 0.6 is 27.3 Å². The molecule has 0 saturated heterocycles. The maximum Gasteiger partial charge on any atom is 0.0702 e. The minimum Gasteiger partial charge on any atom is -0.399 e. The van der Waals surface area contributed by atoms with E-state index in [0.29, 0.717) is 0 Å². The van der Waals surface area contributed by atoms with Gasteiger partial charge in [0.15, 0.2) is 0 Å². The Morgan fingerprint density at radius 1 is 1.19 bits per heavy atom. The van der Waals surface area contributed by atoms with Crippen LogP contribution in [0, 0.1) is 0 Å². The Kier molecular flexibility index (Phi) is 3.51. The second kappa shape index (κ2) is 4.89. The Labute approximate surface area is 108 Å². The minimum absolute atomic E-state index is 0.802. The van der Waals surface area contributed by atoms with Crippen LogP contribution in [0.4, 0.5) is 11.4 Å². The van der Waals surface area contributed by atoms with E-state index in [1.54, 1.807) is 11.3 Å². The molecule has 4 heteroatoms. The topological polar surface area (TPSA) is 29.3 Å². The summed E-state index contributed by atoms with van der Waals surface area (Å²) in [6.45, 7) is 0.917. The van der Waals surface area contributed by atoms with Crippen molar-refractivity contribution in [3.63, 3.8) is 0 Å². The van der Waals surface area contributed by atoms with Gasteiger partial charge in [0.05, 0.1) is 10.3 Å². The Balaban J connectivity index is 2.08. The standard InChI is InChI=1S/C12H13BrN2S/c1-15(8-11-6-7-12(13)16-11)10-4-2-9(14)3-5-10/h2-7H,8,14H2,1H3. The number of hydrogen-bond donors (Lipinski definition) is 1. The van der Waals surface area contributed by atoms with Crippen LogP contribution in [0.2, 0.25) is 0 Å². The van der Waals surface area contributed by atoms with Gasteiger partial charge in [-0.1, -0.05) is 0 Å². The molecule has 0 bridgehead atoms. The second-order valence-electron chi connectivity index (χ2n) is 3.65.